The number of hydrogen-bond acceptors (Lipinski definition) is 4. The van der Waals surface area contributed by atoms with Crippen LogP contribution in [-0.2, 0) is 15.7 Å². The summed E-state index contributed by atoms with van der Waals surface area (Å²) in [5.74, 6) is -2.68. The van der Waals surface area contributed by atoms with E-state index < -0.39 is 33.0 Å². The SMILES string of the molecule is CS(=O)(=O)Cn1c(=O)n(C2CCN(C3CCC4(CC3)CC4)CC2)c2cc(F)c(F)cc21. The van der Waals surface area contributed by atoms with Gasteiger partial charge in [0.15, 0.2) is 21.5 Å². The molecule has 0 amide bonds. The van der Waals surface area contributed by atoms with Crippen molar-refractivity contribution in [2.24, 2.45) is 5.41 Å². The van der Waals surface area contributed by atoms with Crippen molar-refractivity contribution in [3.63, 3.8) is 0 Å². The van der Waals surface area contributed by atoms with E-state index in [1.807, 2.05) is 0 Å². The summed E-state index contributed by atoms with van der Waals surface area (Å²) < 4.78 is 54.2. The van der Waals surface area contributed by atoms with Gasteiger partial charge < -0.3 is 4.90 Å². The summed E-state index contributed by atoms with van der Waals surface area (Å²) in [5.41, 5.74) is 0.526. The first-order chi connectivity index (χ1) is 14.7. The molecule has 2 saturated carbocycles. The zero-order valence-corrected chi connectivity index (χ0v) is 18.6. The maximum atomic E-state index is 14.0. The Kier molecular flexibility index (Phi) is 5.04. The smallest absolute Gasteiger partial charge is 0.300 e. The van der Waals surface area contributed by atoms with Gasteiger partial charge in [0.05, 0.1) is 11.0 Å². The van der Waals surface area contributed by atoms with Gasteiger partial charge in [-0.15, -0.1) is 0 Å². The van der Waals surface area contributed by atoms with Crippen LogP contribution in [0.4, 0.5) is 8.78 Å². The lowest BCUT2D eigenvalue weighted by atomic mass is 9.82. The quantitative estimate of drug-likeness (QED) is 0.712. The highest BCUT2D eigenvalue weighted by molar-refractivity contribution is 7.89. The van der Waals surface area contributed by atoms with Gasteiger partial charge in [0.2, 0.25) is 0 Å². The second-order valence-corrected chi connectivity index (χ2v) is 12.0. The van der Waals surface area contributed by atoms with Crippen LogP contribution in [0.3, 0.4) is 0 Å². The second-order valence-electron chi connectivity index (χ2n) is 9.89. The molecule has 3 fully saturated rings. The van der Waals surface area contributed by atoms with Gasteiger partial charge in [0.1, 0.15) is 5.88 Å². The Morgan fingerprint density at radius 2 is 1.52 bits per heavy atom. The number of likely N-dealkylation sites (tertiary alicyclic amines) is 1. The fourth-order valence-corrected chi connectivity index (χ4v) is 6.47. The van der Waals surface area contributed by atoms with E-state index in [0.717, 1.165) is 48.9 Å². The van der Waals surface area contributed by atoms with Gasteiger partial charge in [0, 0.05) is 43.6 Å². The third kappa shape index (κ3) is 3.95. The van der Waals surface area contributed by atoms with Gasteiger partial charge in [-0.25, -0.2) is 22.0 Å². The highest BCUT2D eigenvalue weighted by Crippen LogP contribution is 2.56. The number of benzene rings is 1. The van der Waals surface area contributed by atoms with E-state index in [0.29, 0.717) is 11.5 Å². The fourth-order valence-electron chi connectivity index (χ4n) is 5.75. The lowest BCUT2D eigenvalue weighted by molar-refractivity contribution is 0.0922. The van der Waals surface area contributed by atoms with Crippen molar-refractivity contribution in [2.45, 2.75) is 69.3 Å². The van der Waals surface area contributed by atoms with Crippen LogP contribution < -0.4 is 5.69 Å². The summed E-state index contributed by atoms with van der Waals surface area (Å²) in [5, 5.41) is 0. The molecule has 170 valence electrons. The molecule has 31 heavy (non-hydrogen) atoms. The molecule has 0 N–H and O–H groups in total. The molecule has 6 nitrogen and oxygen atoms in total. The maximum Gasteiger partial charge on any atom is 0.330 e. The molecule has 1 aromatic heterocycles. The summed E-state index contributed by atoms with van der Waals surface area (Å²) in [4.78, 5) is 15.7. The summed E-state index contributed by atoms with van der Waals surface area (Å²) in [7, 11) is -3.53. The number of halogens is 2. The largest absolute Gasteiger partial charge is 0.330 e. The van der Waals surface area contributed by atoms with E-state index in [1.54, 1.807) is 0 Å². The Morgan fingerprint density at radius 3 is 2.06 bits per heavy atom. The number of sulfone groups is 1. The molecule has 2 heterocycles. The van der Waals surface area contributed by atoms with Crippen LogP contribution in [0.1, 0.15) is 57.4 Å². The van der Waals surface area contributed by atoms with Crippen molar-refractivity contribution < 1.29 is 17.2 Å². The molecule has 5 rings (SSSR count). The van der Waals surface area contributed by atoms with E-state index in [1.165, 1.54) is 43.1 Å². The lowest BCUT2D eigenvalue weighted by Crippen LogP contribution is -2.44. The molecule has 2 aromatic rings. The molecule has 1 saturated heterocycles. The standard InChI is InChI=1S/C22H29F2N3O3S/c1-31(29,30)14-26-19-12-17(23)18(24)13-20(19)27(21(26)28)16-4-10-25(11-5-16)15-2-6-22(7-3-15)8-9-22/h12-13,15-16H,2-11,14H2,1H3. The highest BCUT2D eigenvalue weighted by Gasteiger charge is 2.45. The molecular formula is C22H29F2N3O3S. The van der Waals surface area contributed by atoms with Gasteiger partial charge in [-0.2, -0.15) is 0 Å². The molecule has 0 radical (unpaired) electrons. The van der Waals surface area contributed by atoms with E-state index in [9.17, 15) is 22.0 Å². The van der Waals surface area contributed by atoms with Gasteiger partial charge in [0.25, 0.3) is 0 Å². The maximum absolute atomic E-state index is 14.0. The van der Waals surface area contributed by atoms with Crippen LogP contribution in [0.5, 0.6) is 0 Å². The first-order valence-corrected chi connectivity index (χ1v) is 13.2. The molecule has 1 aromatic carbocycles. The summed E-state index contributed by atoms with van der Waals surface area (Å²) in [6.07, 6.45) is 10.4. The first kappa shape index (κ1) is 21.1. The van der Waals surface area contributed by atoms with Crippen LogP contribution in [0.25, 0.3) is 11.0 Å². The highest BCUT2D eigenvalue weighted by atomic mass is 32.2. The average molecular weight is 454 g/mol. The Balaban J connectivity index is 1.40. The van der Waals surface area contributed by atoms with Crippen molar-refractivity contribution in [3.8, 4) is 0 Å². The molecular weight excluding hydrogens is 424 g/mol. The van der Waals surface area contributed by atoms with E-state index in [4.69, 9.17) is 0 Å². The normalized spacial score (nSPS) is 23.1. The Bertz CT molecular complexity index is 1160. The third-order valence-electron chi connectivity index (χ3n) is 7.72. The minimum Gasteiger partial charge on any atom is -0.300 e. The number of rotatable bonds is 4. The van der Waals surface area contributed by atoms with Crippen molar-refractivity contribution in [3.05, 3.63) is 34.3 Å². The number of piperidine rings is 1. The lowest BCUT2D eigenvalue weighted by Gasteiger charge is -2.41. The van der Waals surface area contributed by atoms with Gasteiger partial charge in [-0.3, -0.25) is 9.13 Å². The average Bonchev–Trinajstić information content (AvgIpc) is 3.43. The molecule has 3 aliphatic rings. The molecule has 0 bridgehead atoms. The van der Waals surface area contributed by atoms with Crippen molar-refractivity contribution >= 4 is 20.9 Å². The zero-order chi connectivity index (χ0) is 22.0. The van der Waals surface area contributed by atoms with Crippen molar-refractivity contribution in [1.82, 2.24) is 14.0 Å². The number of fused-ring (bicyclic) bond motifs is 1. The van der Waals surface area contributed by atoms with Crippen LogP contribution in [0, 0.1) is 17.0 Å². The summed E-state index contributed by atoms with van der Waals surface area (Å²) >= 11 is 0. The molecule has 2 aliphatic carbocycles. The number of hydrogen-bond donors (Lipinski definition) is 0. The summed E-state index contributed by atoms with van der Waals surface area (Å²) in [6.45, 7) is 1.72. The topological polar surface area (TPSA) is 64.3 Å². The Morgan fingerprint density at radius 1 is 0.935 bits per heavy atom. The molecule has 0 atom stereocenters. The van der Waals surface area contributed by atoms with Crippen LogP contribution in [-0.4, -0.2) is 47.8 Å². The van der Waals surface area contributed by atoms with Gasteiger partial charge in [-0.05, 0) is 56.8 Å². The van der Waals surface area contributed by atoms with E-state index in [-0.39, 0.29) is 17.1 Å². The predicted octanol–water partition coefficient (Wildman–Crippen LogP) is 3.44. The van der Waals surface area contributed by atoms with Gasteiger partial charge in [-0.1, -0.05) is 0 Å². The molecule has 1 aliphatic heterocycles. The number of aromatic nitrogens is 2. The second kappa shape index (κ2) is 7.40. The number of imidazole rings is 1. The van der Waals surface area contributed by atoms with Gasteiger partial charge >= 0.3 is 5.69 Å². The minimum absolute atomic E-state index is 0.124. The van der Waals surface area contributed by atoms with Crippen LogP contribution >= 0.6 is 0 Å². The summed E-state index contributed by atoms with van der Waals surface area (Å²) in [6, 6.07) is 2.39. The van der Waals surface area contributed by atoms with E-state index >= 15 is 0 Å². The van der Waals surface area contributed by atoms with Crippen molar-refractivity contribution in [2.75, 3.05) is 19.3 Å². The molecule has 0 unspecified atom stereocenters. The first-order valence-electron chi connectivity index (χ1n) is 11.2. The fraction of sp³-hybridized carbons (Fsp3) is 0.682. The Hall–Kier alpha value is -1.74. The minimum atomic E-state index is -3.53. The zero-order valence-electron chi connectivity index (χ0n) is 17.8. The van der Waals surface area contributed by atoms with Crippen molar-refractivity contribution in [1.29, 1.82) is 0 Å². The molecule has 1 spiro atoms. The van der Waals surface area contributed by atoms with Crippen LogP contribution in [0.2, 0.25) is 0 Å². The predicted molar refractivity (Wildman–Crippen MR) is 115 cm³/mol. The monoisotopic (exact) mass is 453 g/mol. The third-order valence-corrected chi connectivity index (χ3v) is 8.45. The number of nitrogens with zero attached hydrogens (tertiary/aromatic N) is 3. The Labute approximate surface area is 180 Å². The van der Waals surface area contributed by atoms with Crippen LogP contribution in [0.15, 0.2) is 16.9 Å². The van der Waals surface area contributed by atoms with E-state index in [2.05, 4.69) is 4.90 Å². The molecule has 9 heteroatoms.